The number of nitrogens with zero attached hydrogens (tertiary/aromatic N) is 3. The van der Waals surface area contributed by atoms with Gasteiger partial charge in [0, 0.05) is 12.3 Å². The van der Waals surface area contributed by atoms with Crippen LogP contribution in [0.15, 0.2) is 43.2 Å². The fourth-order valence-corrected chi connectivity index (χ4v) is 2.44. The minimum absolute atomic E-state index is 0.0914. The van der Waals surface area contributed by atoms with Crippen LogP contribution >= 0.6 is 0 Å². The van der Waals surface area contributed by atoms with Gasteiger partial charge in [0.15, 0.2) is 0 Å². The Morgan fingerprint density at radius 3 is 2.72 bits per heavy atom. The Bertz CT molecular complexity index is 844. The summed E-state index contributed by atoms with van der Waals surface area (Å²) >= 11 is 0. The number of ether oxygens (including phenoxy) is 1. The molecule has 0 saturated heterocycles. The summed E-state index contributed by atoms with van der Waals surface area (Å²) in [5.74, 6) is -0.0144. The molecule has 0 unspecified atom stereocenters. The first kappa shape index (κ1) is 16.6. The molecule has 2 aromatic rings. The van der Waals surface area contributed by atoms with Gasteiger partial charge in [0.1, 0.15) is 5.75 Å². The summed E-state index contributed by atoms with van der Waals surface area (Å²) in [5.41, 5.74) is 0.710. The number of hydrogen-bond acceptors (Lipinski definition) is 6. The van der Waals surface area contributed by atoms with Crippen molar-refractivity contribution in [2.24, 2.45) is 0 Å². The van der Waals surface area contributed by atoms with Crippen LogP contribution in [0.3, 0.4) is 0 Å². The van der Waals surface area contributed by atoms with Gasteiger partial charge in [-0.15, -0.1) is 0 Å². The van der Waals surface area contributed by atoms with Crippen LogP contribution in [0.1, 0.15) is 24.1 Å². The molecule has 3 rings (SSSR count). The molecule has 128 valence electrons. The molecule has 8 heteroatoms. The minimum Gasteiger partial charge on any atom is -0.432 e. The number of pyridine rings is 2. The van der Waals surface area contributed by atoms with Gasteiger partial charge in [-0.2, -0.15) is 0 Å². The molecule has 25 heavy (non-hydrogen) atoms. The van der Waals surface area contributed by atoms with Gasteiger partial charge in [-0.25, -0.2) is 4.98 Å². The number of amides is 1. The van der Waals surface area contributed by atoms with E-state index in [0.717, 1.165) is 12.8 Å². The van der Waals surface area contributed by atoms with Gasteiger partial charge in [-0.05, 0) is 43.5 Å². The Morgan fingerprint density at radius 2 is 2.16 bits per heavy atom. The third-order valence-corrected chi connectivity index (χ3v) is 3.90. The van der Waals surface area contributed by atoms with E-state index < -0.39 is 10.5 Å². The topological polar surface area (TPSA) is 107 Å². The maximum Gasteiger partial charge on any atom is 0.331 e. The van der Waals surface area contributed by atoms with E-state index in [2.05, 4.69) is 21.9 Å². The second-order valence-electron chi connectivity index (χ2n) is 5.85. The van der Waals surface area contributed by atoms with Crippen LogP contribution in [-0.2, 0) is 10.3 Å². The van der Waals surface area contributed by atoms with Crippen LogP contribution < -0.4 is 10.1 Å². The molecule has 0 aliphatic heterocycles. The number of nitrogens with one attached hydrogen (secondary N) is 1. The SMILES string of the molecule is C=CC(=O)NC1(c2ccc(Oc3ncc(C)cc3[N+](=O)[O-])cn2)CC1. The molecule has 0 aromatic carbocycles. The van der Waals surface area contributed by atoms with Gasteiger partial charge in [-0.1, -0.05) is 6.58 Å². The van der Waals surface area contributed by atoms with E-state index in [-0.39, 0.29) is 17.5 Å². The van der Waals surface area contributed by atoms with Crippen molar-refractivity contribution in [1.29, 1.82) is 0 Å². The summed E-state index contributed by atoms with van der Waals surface area (Å²) in [6.07, 6.45) is 5.77. The lowest BCUT2D eigenvalue weighted by molar-refractivity contribution is -0.386. The van der Waals surface area contributed by atoms with Crippen molar-refractivity contribution in [3.8, 4) is 11.6 Å². The monoisotopic (exact) mass is 340 g/mol. The first-order chi connectivity index (χ1) is 11.9. The van der Waals surface area contributed by atoms with Crippen LogP contribution in [0.4, 0.5) is 5.69 Å². The lowest BCUT2D eigenvalue weighted by Crippen LogP contribution is -2.34. The largest absolute Gasteiger partial charge is 0.432 e. The Morgan fingerprint density at radius 1 is 1.40 bits per heavy atom. The average Bonchev–Trinajstić information content (AvgIpc) is 3.37. The Labute approximate surface area is 143 Å². The van der Waals surface area contributed by atoms with Crippen molar-refractivity contribution in [3.05, 3.63) is 64.6 Å². The molecule has 2 heterocycles. The number of aryl methyl sites for hydroxylation is 1. The molecule has 1 saturated carbocycles. The highest BCUT2D eigenvalue weighted by Gasteiger charge is 2.46. The van der Waals surface area contributed by atoms with Crippen molar-refractivity contribution in [2.75, 3.05) is 0 Å². The smallest absolute Gasteiger partial charge is 0.331 e. The molecule has 8 nitrogen and oxygen atoms in total. The van der Waals surface area contributed by atoms with E-state index in [1.54, 1.807) is 19.1 Å². The maximum absolute atomic E-state index is 11.5. The fourth-order valence-electron chi connectivity index (χ4n) is 2.44. The number of rotatable bonds is 6. The van der Waals surface area contributed by atoms with Crippen molar-refractivity contribution < 1.29 is 14.5 Å². The van der Waals surface area contributed by atoms with Crippen LogP contribution in [0, 0.1) is 17.0 Å². The number of nitro groups is 1. The van der Waals surface area contributed by atoms with Gasteiger partial charge in [0.05, 0.1) is 22.4 Å². The molecule has 0 spiro atoms. The number of hydrogen-bond donors (Lipinski definition) is 1. The second kappa shape index (κ2) is 6.31. The van der Waals surface area contributed by atoms with E-state index in [0.29, 0.717) is 17.0 Å². The minimum atomic E-state index is -0.541. The van der Waals surface area contributed by atoms with Crippen molar-refractivity contribution in [1.82, 2.24) is 15.3 Å². The Hall–Kier alpha value is -3.29. The molecule has 0 bridgehead atoms. The zero-order chi connectivity index (χ0) is 18.0. The third-order valence-electron chi connectivity index (χ3n) is 3.90. The molecular formula is C17H16N4O4. The standard InChI is InChI=1S/C17H16N4O4/c1-3-15(22)20-17(6-7-17)14-5-4-12(10-18-14)25-16-13(21(23)24)8-11(2)9-19-16/h3-5,8-10H,1,6-7H2,2H3,(H,20,22). The number of carbonyl (C=O) groups is 1. The van der Waals surface area contributed by atoms with Crippen LogP contribution in [0.5, 0.6) is 11.6 Å². The normalized spacial score (nSPS) is 14.4. The van der Waals surface area contributed by atoms with Crippen LogP contribution in [0.25, 0.3) is 0 Å². The van der Waals surface area contributed by atoms with Gasteiger partial charge >= 0.3 is 5.69 Å². The van der Waals surface area contributed by atoms with Gasteiger partial charge in [0.2, 0.25) is 5.91 Å². The van der Waals surface area contributed by atoms with Gasteiger partial charge in [-0.3, -0.25) is 19.9 Å². The van der Waals surface area contributed by atoms with Crippen LogP contribution in [-0.4, -0.2) is 20.8 Å². The lowest BCUT2D eigenvalue weighted by Gasteiger charge is -2.16. The molecule has 1 amide bonds. The highest BCUT2D eigenvalue weighted by molar-refractivity contribution is 5.87. The van der Waals surface area contributed by atoms with E-state index in [1.807, 2.05) is 0 Å². The summed E-state index contributed by atoms with van der Waals surface area (Å²) in [6.45, 7) is 5.16. The summed E-state index contributed by atoms with van der Waals surface area (Å²) in [7, 11) is 0. The molecule has 0 atom stereocenters. The van der Waals surface area contributed by atoms with E-state index in [4.69, 9.17) is 4.74 Å². The fraction of sp³-hybridized carbons (Fsp3) is 0.235. The summed E-state index contributed by atoms with van der Waals surface area (Å²) < 4.78 is 5.50. The molecule has 1 fully saturated rings. The molecular weight excluding hydrogens is 324 g/mol. The predicted octanol–water partition coefficient (Wildman–Crippen LogP) is 2.78. The molecule has 1 aliphatic carbocycles. The highest BCUT2D eigenvalue weighted by atomic mass is 16.6. The molecule has 0 radical (unpaired) electrons. The van der Waals surface area contributed by atoms with E-state index in [9.17, 15) is 14.9 Å². The second-order valence-corrected chi connectivity index (χ2v) is 5.85. The maximum atomic E-state index is 11.5. The highest BCUT2D eigenvalue weighted by Crippen LogP contribution is 2.45. The van der Waals surface area contributed by atoms with Gasteiger partial charge in [0.25, 0.3) is 5.88 Å². The molecule has 1 aliphatic rings. The quantitative estimate of drug-likeness (QED) is 0.492. The first-order valence-electron chi connectivity index (χ1n) is 7.63. The Kier molecular flexibility index (Phi) is 4.18. The summed E-state index contributed by atoms with van der Waals surface area (Å²) in [6, 6.07) is 4.77. The average molecular weight is 340 g/mol. The molecule has 2 aromatic heterocycles. The lowest BCUT2D eigenvalue weighted by atomic mass is 10.1. The van der Waals surface area contributed by atoms with Crippen molar-refractivity contribution in [2.45, 2.75) is 25.3 Å². The zero-order valence-corrected chi connectivity index (χ0v) is 13.6. The van der Waals surface area contributed by atoms with E-state index in [1.165, 1.54) is 24.5 Å². The zero-order valence-electron chi connectivity index (χ0n) is 13.6. The number of carbonyl (C=O) groups excluding carboxylic acids is 1. The summed E-state index contributed by atoms with van der Waals surface area (Å²) in [5, 5.41) is 14.0. The van der Waals surface area contributed by atoms with Gasteiger partial charge < -0.3 is 10.1 Å². The first-order valence-corrected chi connectivity index (χ1v) is 7.63. The van der Waals surface area contributed by atoms with Crippen molar-refractivity contribution >= 4 is 11.6 Å². The Balaban J connectivity index is 1.79. The van der Waals surface area contributed by atoms with Crippen molar-refractivity contribution in [3.63, 3.8) is 0 Å². The molecule has 1 N–H and O–H groups in total. The summed E-state index contributed by atoms with van der Waals surface area (Å²) in [4.78, 5) is 30.4. The predicted molar refractivity (Wildman–Crippen MR) is 89.2 cm³/mol. The number of aromatic nitrogens is 2. The van der Waals surface area contributed by atoms with Crippen LogP contribution in [0.2, 0.25) is 0 Å². The third kappa shape index (κ3) is 3.47. The van der Waals surface area contributed by atoms with E-state index >= 15 is 0 Å².